The Bertz CT molecular complexity index is 1110. The van der Waals surface area contributed by atoms with E-state index in [-0.39, 0.29) is 0 Å². The average Bonchev–Trinajstić information content (AvgIpc) is 3.37. The first-order valence-corrected chi connectivity index (χ1v) is 10.0. The maximum absolute atomic E-state index is 6.30. The molecule has 0 atom stereocenters. The summed E-state index contributed by atoms with van der Waals surface area (Å²) >= 11 is 0. The zero-order valence-corrected chi connectivity index (χ0v) is 15.8. The molecule has 0 aliphatic heterocycles. The van der Waals surface area contributed by atoms with Gasteiger partial charge in [-0.2, -0.15) is 0 Å². The van der Waals surface area contributed by atoms with Gasteiger partial charge < -0.3 is 15.0 Å². The zero-order valence-electron chi connectivity index (χ0n) is 15.8. The third-order valence-electron chi connectivity index (χ3n) is 5.69. The van der Waals surface area contributed by atoms with Crippen molar-refractivity contribution < 1.29 is 4.74 Å². The van der Waals surface area contributed by atoms with E-state index < -0.39 is 0 Å². The smallest absolute Gasteiger partial charge is 0.152 e. The van der Waals surface area contributed by atoms with Crippen LogP contribution in [0.25, 0.3) is 21.9 Å². The van der Waals surface area contributed by atoms with Crippen molar-refractivity contribution in [2.45, 2.75) is 38.1 Å². The van der Waals surface area contributed by atoms with Crippen LogP contribution in [-0.4, -0.2) is 21.1 Å². The van der Waals surface area contributed by atoms with Crippen LogP contribution in [-0.2, 0) is 6.54 Å². The number of benzene rings is 2. The van der Waals surface area contributed by atoms with Crippen LogP contribution in [0, 0.1) is 0 Å². The van der Waals surface area contributed by atoms with E-state index in [1.54, 1.807) is 0 Å². The van der Waals surface area contributed by atoms with E-state index in [9.17, 15) is 0 Å². The maximum Gasteiger partial charge on any atom is 0.152 e. The molecule has 4 aromatic rings. The predicted molar refractivity (Wildman–Crippen MR) is 113 cm³/mol. The summed E-state index contributed by atoms with van der Waals surface area (Å²) in [6.07, 6.45) is 4.91. The maximum atomic E-state index is 6.30. The fourth-order valence-electron chi connectivity index (χ4n) is 4.37. The first kappa shape index (κ1) is 17.0. The highest BCUT2D eigenvalue weighted by atomic mass is 16.5. The molecule has 0 bridgehead atoms. The molecule has 142 valence electrons. The Morgan fingerprint density at radius 1 is 0.964 bits per heavy atom. The first-order chi connectivity index (χ1) is 13.8. The first-order valence-electron chi connectivity index (χ1n) is 10.0. The molecule has 2 aromatic carbocycles. The molecule has 28 heavy (non-hydrogen) atoms. The molecule has 0 unspecified atom stereocenters. The molecule has 2 heterocycles. The quantitative estimate of drug-likeness (QED) is 0.541. The van der Waals surface area contributed by atoms with Crippen LogP contribution in [0.5, 0.6) is 5.75 Å². The van der Waals surface area contributed by atoms with Gasteiger partial charge >= 0.3 is 0 Å². The molecular formula is C23H24N4O. The molecule has 2 N–H and O–H groups in total. The van der Waals surface area contributed by atoms with Gasteiger partial charge in [-0.15, -0.1) is 0 Å². The van der Waals surface area contributed by atoms with Crippen LogP contribution < -0.4 is 10.5 Å². The Morgan fingerprint density at radius 3 is 2.54 bits per heavy atom. The number of pyridine rings is 1. The number of nitrogens with zero attached hydrogens (tertiary/aromatic N) is 3. The van der Waals surface area contributed by atoms with Crippen LogP contribution in [0.2, 0.25) is 0 Å². The van der Waals surface area contributed by atoms with E-state index in [0.29, 0.717) is 18.3 Å². The van der Waals surface area contributed by atoms with Crippen LogP contribution in [0.1, 0.15) is 37.4 Å². The summed E-state index contributed by atoms with van der Waals surface area (Å²) in [7, 11) is 0. The highest BCUT2D eigenvalue weighted by molar-refractivity contribution is 6.06. The highest BCUT2D eigenvalue weighted by Crippen LogP contribution is 2.37. The molecule has 0 amide bonds. The molecule has 5 rings (SSSR count). The summed E-state index contributed by atoms with van der Waals surface area (Å²) in [5.41, 5.74) is 9.12. The summed E-state index contributed by atoms with van der Waals surface area (Å²) in [5.74, 6) is 3.02. The van der Waals surface area contributed by atoms with Gasteiger partial charge in [-0.1, -0.05) is 49.2 Å². The summed E-state index contributed by atoms with van der Waals surface area (Å²) in [4.78, 5) is 9.57. The fraction of sp³-hybridized carbons (Fsp3) is 0.304. The summed E-state index contributed by atoms with van der Waals surface area (Å²) < 4.78 is 8.32. The fourth-order valence-corrected chi connectivity index (χ4v) is 4.37. The molecule has 1 saturated carbocycles. The number of nitrogens with two attached hydrogens (primary N) is 1. The zero-order chi connectivity index (χ0) is 18.9. The number of rotatable bonds is 5. The van der Waals surface area contributed by atoms with Gasteiger partial charge in [0.15, 0.2) is 5.82 Å². The molecule has 1 aliphatic rings. The van der Waals surface area contributed by atoms with Gasteiger partial charge in [-0.3, -0.25) is 0 Å². The van der Waals surface area contributed by atoms with Crippen LogP contribution >= 0.6 is 0 Å². The van der Waals surface area contributed by atoms with Gasteiger partial charge in [0, 0.05) is 11.3 Å². The minimum absolute atomic E-state index is 0.488. The number of anilines is 1. The third kappa shape index (κ3) is 2.97. The van der Waals surface area contributed by atoms with Crippen molar-refractivity contribution in [3.63, 3.8) is 0 Å². The monoisotopic (exact) mass is 372 g/mol. The lowest BCUT2D eigenvalue weighted by Gasteiger charge is -2.15. The lowest BCUT2D eigenvalue weighted by molar-refractivity contribution is 0.297. The lowest BCUT2D eigenvalue weighted by atomic mass is 10.1. The van der Waals surface area contributed by atoms with Crippen molar-refractivity contribution in [1.82, 2.24) is 14.5 Å². The number of hydrogen-bond acceptors (Lipinski definition) is 4. The molecule has 1 fully saturated rings. The standard InChI is InChI=1S/C23H24N4O/c24-22-20-21(18-12-6-7-13-19(18)25-22)27(23(26-20)16-8-4-5-9-16)14-15-28-17-10-2-1-3-11-17/h1-3,6-7,10-13,16H,4-5,8-9,14-15H2,(H2,24,25). The van der Waals surface area contributed by atoms with E-state index in [0.717, 1.165) is 40.1 Å². The summed E-state index contributed by atoms with van der Waals surface area (Å²) in [6.45, 7) is 1.33. The van der Waals surface area contributed by atoms with E-state index in [1.807, 2.05) is 48.5 Å². The van der Waals surface area contributed by atoms with Crippen LogP contribution in [0.3, 0.4) is 0 Å². The second-order valence-corrected chi connectivity index (χ2v) is 7.48. The number of para-hydroxylation sites is 2. The number of ether oxygens (including phenoxy) is 1. The van der Waals surface area contributed by atoms with Crippen molar-refractivity contribution >= 4 is 27.8 Å². The third-order valence-corrected chi connectivity index (χ3v) is 5.69. The number of fused-ring (bicyclic) bond motifs is 3. The Hall–Kier alpha value is -3.08. The van der Waals surface area contributed by atoms with E-state index in [1.165, 1.54) is 25.7 Å². The number of nitrogen functional groups attached to an aromatic ring is 1. The molecule has 0 radical (unpaired) electrons. The SMILES string of the molecule is Nc1nc2ccccc2c2c1nc(C1CCCC1)n2CCOc1ccccc1. The summed E-state index contributed by atoms with van der Waals surface area (Å²) in [5, 5.41) is 1.10. The number of hydrogen-bond donors (Lipinski definition) is 1. The van der Waals surface area contributed by atoms with Crippen LogP contribution in [0.15, 0.2) is 54.6 Å². The molecule has 5 heteroatoms. The second-order valence-electron chi connectivity index (χ2n) is 7.48. The van der Waals surface area contributed by atoms with E-state index in [2.05, 4.69) is 15.6 Å². The Kier molecular flexibility index (Phi) is 4.35. The van der Waals surface area contributed by atoms with Crippen molar-refractivity contribution in [2.75, 3.05) is 12.3 Å². The number of imidazole rings is 1. The molecule has 2 aromatic heterocycles. The Balaban J connectivity index is 1.60. The highest BCUT2D eigenvalue weighted by Gasteiger charge is 2.25. The van der Waals surface area contributed by atoms with Gasteiger partial charge in [0.05, 0.1) is 17.6 Å². The minimum Gasteiger partial charge on any atom is -0.492 e. The van der Waals surface area contributed by atoms with Gasteiger partial charge in [0.1, 0.15) is 23.7 Å². The van der Waals surface area contributed by atoms with Gasteiger partial charge in [-0.05, 0) is 31.0 Å². The normalized spacial score (nSPS) is 14.9. The van der Waals surface area contributed by atoms with Crippen LogP contribution in [0.4, 0.5) is 5.82 Å². The molecular weight excluding hydrogens is 348 g/mol. The Labute approximate surface area is 164 Å². The van der Waals surface area contributed by atoms with Crippen molar-refractivity contribution in [3.8, 4) is 5.75 Å². The van der Waals surface area contributed by atoms with Crippen molar-refractivity contribution in [2.24, 2.45) is 0 Å². The van der Waals surface area contributed by atoms with Crippen molar-refractivity contribution in [3.05, 3.63) is 60.4 Å². The average molecular weight is 372 g/mol. The van der Waals surface area contributed by atoms with E-state index >= 15 is 0 Å². The molecule has 0 saturated heterocycles. The Morgan fingerprint density at radius 2 is 1.71 bits per heavy atom. The topological polar surface area (TPSA) is 66.0 Å². The molecule has 0 spiro atoms. The molecule has 1 aliphatic carbocycles. The predicted octanol–water partition coefficient (Wildman–Crippen LogP) is 4.90. The lowest BCUT2D eigenvalue weighted by Crippen LogP contribution is -2.13. The van der Waals surface area contributed by atoms with Crippen molar-refractivity contribution in [1.29, 1.82) is 0 Å². The van der Waals surface area contributed by atoms with E-state index in [4.69, 9.17) is 15.5 Å². The van der Waals surface area contributed by atoms with Gasteiger partial charge in [-0.25, -0.2) is 9.97 Å². The van der Waals surface area contributed by atoms with Gasteiger partial charge in [0.25, 0.3) is 0 Å². The largest absolute Gasteiger partial charge is 0.492 e. The molecule has 5 nitrogen and oxygen atoms in total. The second kappa shape index (κ2) is 7.15. The minimum atomic E-state index is 0.488. The number of aromatic nitrogens is 3. The summed E-state index contributed by atoms with van der Waals surface area (Å²) in [6, 6.07) is 18.1. The van der Waals surface area contributed by atoms with Gasteiger partial charge in [0.2, 0.25) is 0 Å².